The van der Waals surface area contributed by atoms with Crippen LogP contribution in [0.4, 0.5) is 8.78 Å². The molecule has 4 heteroatoms. The first kappa shape index (κ1) is 8.93. The van der Waals surface area contributed by atoms with E-state index < -0.39 is 11.6 Å². The van der Waals surface area contributed by atoms with Gasteiger partial charge >= 0.3 is 0 Å². The Kier molecular flexibility index (Phi) is 2.99. The highest BCUT2D eigenvalue weighted by Gasteiger charge is 2.07. The molecule has 0 aliphatic rings. The maximum absolute atomic E-state index is 12.8. The van der Waals surface area contributed by atoms with Gasteiger partial charge in [0.2, 0.25) is 5.82 Å². The summed E-state index contributed by atoms with van der Waals surface area (Å²) in [5, 5.41) is 0. The fraction of sp³-hybridized carbons (Fsp3) is 0.250. The molecule has 0 bridgehead atoms. The molecule has 3 N–H and O–H groups in total. The normalized spacial score (nSPS) is 9.92. The molecule has 12 heavy (non-hydrogen) atoms. The van der Waals surface area contributed by atoms with E-state index in [0.29, 0.717) is 13.2 Å². The van der Waals surface area contributed by atoms with Gasteiger partial charge in [0, 0.05) is 12.1 Å². The molecule has 1 rings (SSSR count). The van der Waals surface area contributed by atoms with Crippen LogP contribution in [-0.2, 0) is 0 Å². The van der Waals surface area contributed by atoms with Gasteiger partial charge in [-0.3, -0.25) is 0 Å². The average molecular weight is 174 g/mol. The maximum atomic E-state index is 12.8. The molecule has 0 radical (unpaired) electrons. The van der Waals surface area contributed by atoms with Crippen molar-refractivity contribution in [2.45, 2.75) is 0 Å². The van der Waals surface area contributed by atoms with Crippen LogP contribution in [0.1, 0.15) is 0 Å². The molecule has 0 fully saturated rings. The number of hydrogen-bond donors (Lipinski definition) is 1. The van der Waals surface area contributed by atoms with Crippen LogP contribution in [0, 0.1) is 11.6 Å². The highest BCUT2D eigenvalue weighted by Crippen LogP contribution is 2.17. The van der Waals surface area contributed by atoms with Gasteiger partial charge in [-0.1, -0.05) is 0 Å². The zero-order valence-corrected chi connectivity index (χ0v) is 6.43. The number of rotatable bonds is 3. The van der Waals surface area contributed by atoms with Crippen molar-refractivity contribution in [1.82, 2.24) is 0 Å². The topological polar surface area (TPSA) is 38.8 Å². The maximum Gasteiger partial charge on any atom is 0.291 e. The second-order valence-electron chi connectivity index (χ2n) is 2.27. The van der Waals surface area contributed by atoms with E-state index in [-0.39, 0.29) is 5.75 Å². The van der Waals surface area contributed by atoms with Gasteiger partial charge in [-0.15, -0.1) is 0 Å². The monoisotopic (exact) mass is 174 g/mol. The summed E-state index contributed by atoms with van der Waals surface area (Å²) >= 11 is 0. The lowest BCUT2D eigenvalue weighted by molar-refractivity contribution is 0.0677. The van der Waals surface area contributed by atoms with E-state index in [4.69, 9.17) is 5.73 Å². The van der Waals surface area contributed by atoms with Crippen molar-refractivity contribution in [3.05, 3.63) is 29.8 Å². The summed E-state index contributed by atoms with van der Waals surface area (Å²) in [6, 6.07) is 3.26. The minimum absolute atomic E-state index is 0.154. The lowest BCUT2D eigenvalue weighted by Gasteiger charge is -2.02. The van der Waals surface area contributed by atoms with Gasteiger partial charge in [-0.05, 0) is 6.07 Å². The molecule has 0 aliphatic heterocycles. The Morgan fingerprint density at radius 3 is 2.67 bits per heavy atom. The summed E-state index contributed by atoms with van der Waals surface area (Å²) in [6.07, 6.45) is 0. The zero-order chi connectivity index (χ0) is 8.97. The van der Waals surface area contributed by atoms with E-state index in [1.807, 2.05) is 0 Å². The van der Waals surface area contributed by atoms with E-state index in [1.54, 1.807) is 0 Å². The minimum Gasteiger partial charge on any atom is -0.580 e. The van der Waals surface area contributed by atoms with Gasteiger partial charge in [0.25, 0.3) is 5.75 Å². The summed E-state index contributed by atoms with van der Waals surface area (Å²) < 4.78 is 29.0. The number of hydrogen-bond acceptors (Lipinski definition) is 1. The second-order valence-corrected chi connectivity index (χ2v) is 2.27. The van der Waals surface area contributed by atoms with Crippen LogP contribution < -0.4 is 5.73 Å². The fourth-order valence-corrected chi connectivity index (χ4v) is 0.794. The SMILES string of the molecule is NCC[OH+]c1ccc(F)cc1F. The van der Waals surface area contributed by atoms with Crippen molar-refractivity contribution < 1.29 is 13.5 Å². The summed E-state index contributed by atoms with van der Waals surface area (Å²) in [7, 11) is 0. The molecular weight excluding hydrogens is 164 g/mol. The molecule has 0 aromatic heterocycles. The van der Waals surface area contributed by atoms with Gasteiger partial charge in [-0.2, -0.15) is 4.39 Å². The number of halogens is 2. The van der Waals surface area contributed by atoms with Crippen LogP contribution in [0.2, 0.25) is 0 Å². The number of benzene rings is 1. The van der Waals surface area contributed by atoms with Crippen molar-refractivity contribution in [2.75, 3.05) is 13.2 Å². The van der Waals surface area contributed by atoms with Gasteiger partial charge in [0.1, 0.15) is 5.82 Å². The third-order valence-electron chi connectivity index (χ3n) is 1.32. The van der Waals surface area contributed by atoms with Gasteiger partial charge in [0.05, 0.1) is 6.54 Å². The quantitative estimate of drug-likeness (QED) is 0.686. The molecule has 0 unspecified atom stereocenters. The fourth-order valence-electron chi connectivity index (χ4n) is 0.794. The smallest absolute Gasteiger partial charge is 0.291 e. The first-order valence-electron chi connectivity index (χ1n) is 3.56. The van der Waals surface area contributed by atoms with Crippen LogP contribution in [0.25, 0.3) is 0 Å². The molecule has 1 aromatic rings. The van der Waals surface area contributed by atoms with Crippen molar-refractivity contribution >= 4 is 0 Å². The van der Waals surface area contributed by atoms with Crippen molar-refractivity contribution in [3.63, 3.8) is 0 Å². The van der Waals surface area contributed by atoms with Gasteiger partial charge < -0.3 is 10.5 Å². The Hall–Kier alpha value is -1.16. The molecule has 66 valence electrons. The Bertz CT molecular complexity index is 265. The van der Waals surface area contributed by atoms with E-state index in [2.05, 4.69) is 4.74 Å². The average Bonchev–Trinajstić information content (AvgIpc) is 2.03. The Balaban J connectivity index is 2.72. The predicted octanol–water partition coefficient (Wildman–Crippen LogP) is 1.16. The molecule has 0 saturated heterocycles. The van der Waals surface area contributed by atoms with Crippen LogP contribution >= 0.6 is 0 Å². The standard InChI is InChI=1S/C8H9F2NO/c9-6-1-2-8(7(10)5-6)12-4-3-11/h1-2,5H,3-4,11H2/p+1. The van der Waals surface area contributed by atoms with Gasteiger partial charge in [-0.25, -0.2) is 4.39 Å². The van der Waals surface area contributed by atoms with Gasteiger partial charge in [0.15, 0.2) is 6.61 Å². The molecule has 0 aliphatic carbocycles. The molecular formula is C8H10F2NO+. The molecule has 0 heterocycles. The first-order chi connectivity index (χ1) is 5.74. The summed E-state index contributed by atoms with van der Waals surface area (Å²) in [6.45, 7) is 0.708. The first-order valence-corrected chi connectivity index (χ1v) is 3.56. The molecule has 1 aromatic carbocycles. The minimum atomic E-state index is -0.650. The van der Waals surface area contributed by atoms with Crippen molar-refractivity contribution in [1.29, 1.82) is 0 Å². The zero-order valence-electron chi connectivity index (χ0n) is 6.43. The molecule has 2 nitrogen and oxygen atoms in total. The number of aromatic hydroxyl groups is 1. The van der Waals surface area contributed by atoms with Crippen LogP contribution in [0.5, 0.6) is 5.75 Å². The molecule has 0 saturated carbocycles. The summed E-state index contributed by atoms with van der Waals surface area (Å²) in [4.78, 5) is 0. The van der Waals surface area contributed by atoms with E-state index >= 15 is 0 Å². The Morgan fingerprint density at radius 1 is 1.33 bits per heavy atom. The summed E-state index contributed by atoms with van der Waals surface area (Å²) in [5.41, 5.74) is 5.17. The Morgan fingerprint density at radius 2 is 2.08 bits per heavy atom. The van der Waals surface area contributed by atoms with Crippen LogP contribution in [0.15, 0.2) is 18.2 Å². The lowest BCUT2D eigenvalue weighted by atomic mass is 10.3. The molecule has 0 atom stereocenters. The number of nitrogens with two attached hydrogens (primary N) is 1. The third kappa shape index (κ3) is 2.17. The van der Waals surface area contributed by atoms with E-state index in [9.17, 15) is 8.78 Å². The predicted molar refractivity (Wildman–Crippen MR) is 41.9 cm³/mol. The van der Waals surface area contributed by atoms with E-state index in [1.165, 1.54) is 12.1 Å². The van der Waals surface area contributed by atoms with Crippen LogP contribution in [-0.4, -0.2) is 17.9 Å². The highest BCUT2D eigenvalue weighted by atomic mass is 19.1. The lowest BCUT2D eigenvalue weighted by Crippen LogP contribution is -2.08. The second kappa shape index (κ2) is 4.01. The van der Waals surface area contributed by atoms with Crippen LogP contribution in [0.3, 0.4) is 0 Å². The summed E-state index contributed by atoms with van der Waals surface area (Å²) in [5.74, 6) is -1.09. The highest BCUT2D eigenvalue weighted by molar-refractivity contribution is 5.23. The number of aliphatic hydroxyl groups is 1. The number of ether oxygens (including phenoxy) is 1. The molecule has 0 spiro atoms. The van der Waals surface area contributed by atoms with Crippen molar-refractivity contribution in [3.8, 4) is 5.75 Å². The van der Waals surface area contributed by atoms with Crippen molar-refractivity contribution in [2.24, 2.45) is 5.73 Å². The largest absolute Gasteiger partial charge is 0.580 e. The van der Waals surface area contributed by atoms with E-state index in [0.717, 1.165) is 6.07 Å². The Labute approximate surface area is 68.9 Å². The molecule has 0 amide bonds. The third-order valence-corrected chi connectivity index (χ3v) is 1.32.